The molecule has 160 valence electrons. The molecule has 30 heavy (non-hydrogen) atoms. The van der Waals surface area contributed by atoms with Crippen molar-refractivity contribution in [3.05, 3.63) is 46.7 Å². The summed E-state index contributed by atoms with van der Waals surface area (Å²) >= 11 is 1.45. The molecule has 2 aliphatic heterocycles. The van der Waals surface area contributed by atoms with Crippen LogP contribution >= 0.6 is 11.3 Å². The molecule has 1 atom stereocenters. The number of likely N-dealkylation sites (N-methyl/N-ethyl adjacent to an activating group) is 1. The van der Waals surface area contributed by atoms with Crippen LogP contribution in [0.1, 0.15) is 16.6 Å². The Morgan fingerprint density at radius 2 is 1.80 bits per heavy atom. The van der Waals surface area contributed by atoms with Crippen LogP contribution in [-0.4, -0.2) is 85.0 Å². The first-order chi connectivity index (χ1) is 14.6. The van der Waals surface area contributed by atoms with E-state index in [1.165, 1.54) is 11.3 Å². The molecule has 0 unspecified atom stereocenters. The lowest BCUT2D eigenvalue weighted by molar-refractivity contribution is -0.134. The van der Waals surface area contributed by atoms with Gasteiger partial charge in [-0.3, -0.25) is 14.5 Å². The van der Waals surface area contributed by atoms with Crippen molar-refractivity contribution in [3.8, 4) is 11.5 Å². The minimum Gasteiger partial charge on any atom is -0.486 e. The number of thiophene rings is 1. The van der Waals surface area contributed by atoms with Gasteiger partial charge in [0.05, 0.1) is 11.4 Å². The van der Waals surface area contributed by atoms with Gasteiger partial charge < -0.3 is 19.3 Å². The molecule has 0 saturated carbocycles. The van der Waals surface area contributed by atoms with Crippen molar-refractivity contribution in [3.63, 3.8) is 0 Å². The maximum Gasteiger partial charge on any atom is 0.264 e. The summed E-state index contributed by atoms with van der Waals surface area (Å²) in [6.45, 7) is 6.55. The van der Waals surface area contributed by atoms with E-state index in [4.69, 9.17) is 9.47 Å². The van der Waals surface area contributed by atoms with Crippen LogP contribution in [0.5, 0.6) is 11.5 Å². The molecule has 7 nitrogen and oxygen atoms in total. The van der Waals surface area contributed by atoms with Crippen molar-refractivity contribution in [1.29, 1.82) is 0 Å². The zero-order chi connectivity index (χ0) is 20.9. The zero-order valence-electron chi connectivity index (χ0n) is 17.2. The third-order valence-corrected chi connectivity index (χ3v) is 6.34. The molecule has 4 rings (SSSR count). The number of rotatable bonds is 6. The fourth-order valence-electron chi connectivity index (χ4n) is 3.75. The second-order valence-electron chi connectivity index (χ2n) is 7.48. The Hall–Kier alpha value is -2.58. The highest BCUT2D eigenvalue weighted by Crippen LogP contribution is 2.31. The van der Waals surface area contributed by atoms with E-state index in [0.29, 0.717) is 45.9 Å². The van der Waals surface area contributed by atoms with Crippen LogP contribution in [0.25, 0.3) is 0 Å². The van der Waals surface area contributed by atoms with E-state index in [2.05, 4.69) is 4.90 Å². The van der Waals surface area contributed by atoms with Gasteiger partial charge in [0.25, 0.3) is 5.91 Å². The maximum atomic E-state index is 12.8. The van der Waals surface area contributed by atoms with E-state index in [9.17, 15) is 9.59 Å². The summed E-state index contributed by atoms with van der Waals surface area (Å²) in [6.07, 6.45) is -0.104. The number of hydrogen-bond donors (Lipinski definition) is 0. The van der Waals surface area contributed by atoms with Gasteiger partial charge >= 0.3 is 0 Å². The number of carbonyl (C=O) groups is 2. The Morgan fingerprint density at radius 3 is 2.50 bits per heavy atom. The minimum absolute atomic E-state index is 0.0574. The van der Waals surface area contributed by atoms with Crippen LogP contribution in [0.3, 0.4) is 0 Å². The lowest BCUT2D eigenvalue weighted by Crippen LogP contribution is -2.53. The SMILES string of the molecule is CCN(CC(=O)N1CCN(C(=O)c2cccs2)CC1)C[C@@H]1COc2ccccc2O1. The van der Waals surface area contributed by atoms with Gasteiger partial charge in [0.2, 0.25) is 5.91 Å². The molecule has 1 fully saturated rings. The molecule has 2 aliphatic rings. The first-order valence-electron chi connectivity index (χ1n) is 10.4. The van der Waals surface area contributed by atoms with Crippen molar-refractivity contribution in [2.45, 2.75) is 13.0 Å². The molecular weight excluding hydrogens is 402 g/mol. The van der Waals surface area contributed by atoms with Crippen LogP contribution in [0.4, 0.5) is 0 Å². The molecule has 8 heteroatoms. The van der Waals surface area contributed by atoms with Crippen molar-refractivity contribution < 1.29 is 19.1 Å². The molecule has 0 bridgehead atoms. The van der Waals surface area contributed by atoms with E-state index in [0.717, 1.165) is 22.9 Å². The van der Waals surface area contributed by atoms with Gasteiger partial charge in [-0.05, 0) is 30.1 Å². The fourth-order valence-corrected chi connectivity index (χ4v) is 4.44. The van der Waals surface area contributed by atoms with Crippen molar-refractivity contribution >= 4 is 23.2 Å². The Balaban J connectivity index is 1.25. The lowest BCUT2D eigenvalue weighted by Gasteiger charge is -2.36. The average Bonchev–Trinajstić information content (AvgIpc) is 3.33. The second-order valence-corrected chi connectivity index (χ2v) is 8.42. The molecule has 0 N–H and O–H groups in total. The summed E-state index contributed by atoms with van der Waals surface area (Å²) in [5.74, 6) is 1.67. The first kappa shape index (κ1) is 20.7. The van der Waals surface area contributed by atoms with Gasteiger partial charge in [0, 0.05) is 32.7 Å². The van der Waals surface area contributed by atoms with Crippen molar-refractivity contribution in [1.82, 2.24) is 14.7 Å². The van der Waals surface area contributed by atoms with Gasteiger partial charge in [-0.25, -0.2) is 0 Å². The standard InChI is InChI=1S/C22H27N3O4S/c1-2-23(14-17-16-28-18-6-3-4-7-19(18)29-17)15-21(26)24-9-11-25(12-10-24)22(27)20-8-5-13-30-20/h3-8,13,17H,2,9-12,14-16H2,1H3/t17-/m1/s1. The first-order valence-corrected chi connectivity index (χ1v) is 11.2. The van der Waals surface area contributed by atoms with Gasteiger partial charge in [0.15, 0.2) is 11.5 Å². The van der Waals surface area contributed by atoms with Crippen LogP contribution in [0.15, 0.2) is 41.8 Å². The number of fused-ring (bicyclic) bond motifs is 1. The highest BCUT2D eigenvalue weighted by molar-refractivity contribution is 7.12. The predicted molar refractivity (Wildman–Crippen MR) is 115 cm³/mol. The molecule has 1 aromatic heterocycles. The van der Waals surface area contributed by atoms with Crippen molar-refractivity contribution in [2.75, 3.05) is 52.4 Å². The largest absolute Gasteiger partial charge is 0.486 e. The average molecular weight is 430 g/mol. The van der Waals surface area contributed by atoms with Crippen molar-refractivity contribution in [2.24, 2.45) is 0 Å². The number of para-hydroxylation sites is 2. The summed E-state index contributed by atoms with van der Waals surface area (Å²) in [6, 6.07) is 11.4. The molecule has 2 amide bonds. The van der Waals surface area contributed by atoms with Crippen LogP contribution in [-0.2, 0) is 4.79 Å². The molecular formula is C22H27N3O4S. The molecule has 1 saturated heterocycles. The number of ether oxygens (including phenoxy) is 2. The molecule has 0 spiro atoms. The van der Waals surface area contributed by atoms with Crippen LogP contribution in [0.2, 0.25) is 0 Å². The Labute approximate surface area is 180 Å². The molecule has 0 aliphatic carbocycles. The predicted octanol–water partition coefficient (Wildman–Crippen LogP) is 2.19. The number of piperazine rings is 1. The highest BCUT2D eigenvalue weighted by Gasteiger charge is 2.28. The van der Waals surface area contributed by atoms with E-state index in [-0.39, 0.29) is 17.9 Å². The van der Waals surface area contributed by atoms with Gasteiger partial charge in [-0.15, -0.1) is 11.3 Å². The number of hydrogen-bond acceptors (Lipinski definition) is 6. The van der Waals surface area contributed by atoms with E-state index in [1.807, 2.05) is 58.5 Å². The summed E-state index contributed by atoms with van der Waals surface area (Å²) in [4.78, 5) is 31.8. The molecule has 2 aromatic rings. The lowest BCUT2D eigenvalue weighted by atomic mass is 10.2. The Bertz CT molecular complexity index is 865. The fraction of sp³-hybridized carbons (Fsp3) is 0.455. The minimum atomic E-state index is -0.104. The smallest absolute Gasteiger partial charge is 0.264 e. The van der Waals surface area contributed by atoms with Crippen LogP contribution < -0.4 is 9.47 Å². The van der Waals surface area contributed by atoms with Gasteiger partial charge in [0.1, 0.15) is 12.7 Å². The van der Waals surface area contributed by atoms with Crippen LogP contribution in [0, 0.1) is 0 Å². The summed E-state index contributed by atoms with van der Waals surface area (Å²) in [7, 11) is 0. The summed E-state index contributed by atoms with van der Waals surface area (Å²) < 4.78 is 11.8. The summed E-state index contributed by atoms with van der Waals surface area (Å²) in [5, 5.41) is 1.91. The quantitative estimate of drug-likeness (QED) is 0.705. The van der Waals surface area contributed by atoms with Gasteiger partial charge in [-0.2, -0.15) is 0 Å². The molecule has 1 aromatic carbocycles. The second kappa shape index (κ2) is 9.49. The van der Waals surface area contributed by atoms with Gasteiger partial charge in [-0.1, -0.05) is 25.1 Å². The summed E-state index contributed by atoms with van der Waals surface area (Å²) in [5.41, 5.74) is 0. The monoisotopic (exact) mass is 429 g/mol. The topological polar surface area (TPSA) is 62.3 Å². The maximum absolute atomic E-state index is 12.8. The Kier molecular flexibility index (Phi) is 6.54. The zero-order valence-corrected chi connectivity index (χ0v) is 18.0. The molecule has 0 radical (unpaired) electrons. The number of carbonyl (C=O) groups excluding carboxylic acids is 2. The van der Waals surface area contributed by atoms with E-state index in [1.54, 1.807) is 0 Å². The number of benzene rings is 1. The third-order valence-electron chi connectivity index (χ3n) is 5.49. The van der Waals surface area contributed by atoms with E-state index >= 15 is 0 Å². The number of amides is 2. The Morgan fingerprint density at radius 1 is 1.07 bits per heavy atom. The highest BCUT2D eigenvalue weighted by atomic mass is 32.1. The molecule has 3 heterocycles. The third kappa shape index (κ3) is 4.76. The van der Waals surface area contributed by atoms with E-state index < -0.39 is 0 Å². The number of nitrogens with zero attached hydrogens (tertiary/aromatic N) is 3. The normalized spacial score (nSPS) is 18.5.